The first-order valence-corrected chi connectivity index (χ1v) is 11.6. The third-order valence-electron chi connectivity index (χ3n) is 6.66. The summed E-state index contributed by atoms with van der Waals surface area (Å²) in [5.74, 6) is 1.89. The van der Waals surface area contributed by atoms with Crippen LogP contribution in [0.25, 0.3) is 10.9 Å². The van der Waals surface area contributed by atoms with E-state index in [0.29, 0.717) is 12.3 Å². The van der Waals surface area contributed by atoms with Gasteiger partial charge < -0.3 is 19.0 Å². The quantitative estimate of drug-likeness (QED) is 0.464. The van der Waals surface area contributed by atoms with Gasteiger partial charge in [0.2, 0.25) is 0 Å². The van der Waals surface area contributed by atoms with Gasteiger partial charge in [0.1, 0.15) is 11.5 Å². The van der Waals surface area contributed by atoms with Crippen molar-refractivity contribution in [2.75, 3.05) is 26.7 Å². The molecule has 4 heteroatoms. The summed E-state index contributed by atoms with van der Waals surface area (Å²) in [5.41, 5.74) is 3.95. The molecule has 1 aliphatic rings. The lowest BCUT2D eigenvalue weighted by Gasteiger charge is -2.32. The molecule has 0 spiro atoms. The first-order valence-electron chi connectivity index (χ1n) is 11.6. The Morgan fingerprint density at radius 2 is 1.77 bits per heavy atom. The number of carbonyl (C=O) groups excluding carboxylic acids is 1. The third-order valence-corrected chi connectivity index (χ3v) is 6.66. The van der Waals surface area contributed by atoms with E-state index in [9.17, 15) is 4.79 Å². The topological polar surface area (TPSA) is 34.5 Å². The lowest BCUT2D eigenvalue weighted by atomic mass is 9.89. The molecule has 3 aromatic rings. The standard InChI is InChI=1S/C27H34N2O2/c1-21(30)12-13-23-20-29(26-10-5-3-8-24(23)26)17-7-16-28-18-14-22(15-19-28)25-9-4-6-11-27(25)31-2/h3-6,8-11,20,22H,7,12-19H2,1-2H3. The molecule has 0 saturated carbocycles. The second-order valence-electron chi connectivity index (χ2n) is 8.78. The maximum absolute atomic E-state index is 11.4. The summed E-state index contributed by atoms with van der Waals surface area (Å²) >= 11 is 0. The summed E-state index contributed by atoms with van der Waals surface area (Å²) in [5, 5.41) is 1.29. The molecule has 4 nitrogen and oxygen atoms in total. The van der Waals surface area contributed by atoms with Crippen molar-refractivity contribution >= 4 is 16.7 Å². The predicted molar refractivity (Wildman–Crippen MR) is 127 cm³/mol. The molecule has 2 aromatic carbocycles. The van der Waals surface area contributed by atoms with Gasteiger partial charge in [0, 0.05) is 30.1 Å². The fourth-order valence-corrected chi connectivity index (χ4v) is 4.95. The minimum absolute atomic E-state index is 0.258. The smallest absolute Gasteiger partial charge is 0.130 e. The summed E-state index contributed by atoms with van der Waals surface area (Å²) in [6, 6.07) is 17.1. The fourth-order valence-electron chi connectivity index (χ4n) is 4.95. The molecule has 1 aliphatic heterocycles. The highest BCUT2D eigenvalue weighted by molar-refractivity contribution is 5.85. The number of likely N-dealkylation sites (tertiary alicyclic amines) is 1. The van der Waals surface area contributed by atoms with Crippen molar-refractivity contribution in [1.82, 2.24) is 9.47 Å². The molecule has 164 valence electrons. The van der Waals surface area contributed by atoms with Crippen molar-refractivity contribution in [1.29, 1.82) is 0 Å². The number of aryl methyl sites for hydroxylation is 2. The number of Topliss-reactive ketones (excluding diaryl/α,β-unsaturated/α-hetero) is 1. The largest absolute Gasteiger partial charge is 0.496 e. The van der Waals surface area contributed by atoms with Gasteiger partial charge in [0.15, 0.2) is 0 Å². The number of piperidine rings is 1. The number of ether oxygens (including phenoxy) is 1. The maximum atomic E-state index is 11.4. The lowest BCUT2D eigenvalue weighted by Crippen LogP contribution is -2.34. The van der Waals surface area contributed by atoms with E-state index in [-0.39, 0.29) is 5.78 Å². The molecule has 1 saturated heterocycles. The summed E-state index contributed by atoms with van der Waals surface area (Å²) in [7, 11) is 1.77. The van der Waals surface area contributed by atoms with Crippen molar-refractivity contribution in [3.05, 3.63) is 65.9 Å². The van der Waals surface area contributed by atoms with Crippen LogP contribution in [0.1, 0.15) is 49.7 Å². The average molecular weight is 419 g/mol. The first-order chi connectivity index (χ1) is 15.2. The van der Waals surface area contributed by atoms with E-state index in [0.717, 1.165) is 44.8 Å². The van der Waals surface area contributed by atoms with Gasteiger partial charge in [-0.1, -0.05) is 36.4 Å². The highest BCUT2D eigenvalue weighted by atomic mass is 16.5. The van der Waals surface area contributed by atoms with Crippen molar-refractivity contribution in [2.24, 2.45) is 0 Å². The van der Waals surface area contributed by atoms with E-state index in [1.165, 1.54) is 34.9 Å². The van der Waals surface area contributed by atoms with Gasteiger partial charge in [-0.2, -0.15) is 0 Å². The highest BCUT2D eigenvalue weighted by Crippen LogP contribution is 2.34. The highest BCUT2D eigenvalue weighted by Gasteiger charge is 2.22. The first kappa shape index (κ1) is 21.6. The number of benzene rings is 2. The van der Waals surface area contributed by atoms with Crippen LogP contribution < -0.4 is 4.74 Å². The molecule has 0 unspecified atom stereocenters. The van der Waals surface area contributed by atoms with E-state index in [2.05, 4.69) is 58.1 Å². The van der Waals surface area contributed by atoms with Gasteiger partial charge in [0.25, 0.3) is 0 Å². The molecule has 2 heterocycles. The predicted octanol–water partition coefficient (Wildman–Crippen LogP) is 5.44. The van der Waals surface area contributed by atoms with E-state index < -0.39 is 0 Å². The molecule has 0 amide bonds. The molecule has 4 rings (SSSR count). The summed E-state index contributed by atoms with van der Waals surface area (Å²) < 4.78 is 7.95. The summed E-state index contributed by atoms with van der Waals surface area (Å²) in [6.45, 7) is 6.13. The van der Waals surface area contributed by atoms with E-state index >= 15 is 0 Å². The van der Waals surface area contributed by atoms with Gasteiger partial charge in [-0.15, -0.1) is 0 Å². The molecule has 0 aliphatic carbocycles. The van der Waals surface area contributed by atoms with Crippen molar-refractivity contribution < 1.29 is 9.53 Å². The number of hydrogen-bond donors (Lipinski definition) is 0. The Morgan fingerprint density at radius 3 is 2.55 bits per heavy atom. The van der Waals surface area contributed by atoms with Crippen LogP contribution in [0.5, 0.6) is 5.75 Å². The third kappa shape index (κ3) is 5.19. The fraction of sp³-hybridized carbons (Fsp3) is 0.444. The van der Waals surface area contributed by atoms with Crippen LogP contribution in [0, 0.1) is 0 Å². The molecular formula is C27H34N2O2. The molecule has 0 atom stereocenters. The number of carbonyl (C=O) groups is 1. The van der Waals surface area contributed by atoms with Crippen LogP contribution in [0.4, 0.5) is 0 Å². The Labute approximate surface area is 185 Å². The average Bonchev–Trinajstić information content (AvgIpc) is 3.16. The van der Waals surface area contributed by atoms with Crippen LogP contribution in [0.3, 0.4) is 0 Å². The maximum Gasteiger partial charge on any atom is 0.130 e. The minimum atomic E-state index is 0.258. The van der Waals surface area contributed by atoms with Crippen LogP contribution in [-0.4, -0.2) is 42.0 Å². The Hall–Kier alpha value is -2.59. The normalized spacial score (nSPS) is 15.4. The molecule has 0 N–H and O–H groups in total. The second-order valence-corrected chi connectivity index (χ2v) is 8.78. The number of hydrogen-bond acceptors (Lipinski definition) is 3. The van der Waals surface area contributed by atoms with Gasteiger partial charge in [-0.25, -0.2) is 0 Å². The molecule has 0 bridgehead atoms. The van der Waals surface area contributed by atoms with Crippen LogP contribution in [0.2, 0.25) is 0 Å². The number of ketones is 1. The number of para-hydroxylation sites is 2. The van der Waals surface area contributed by atoms with Crippen LogP contribution >= 0.6 is 0 Å². The zero-order valence-corrected chi connectivity index (χ0v) is 18.8. The van der Waals surface area contributed by atoms with Gasteiger partial charge in [-0.05, 0) is 81.4 Å². The molecule has 31 heavy (non-hydrogen) atoms. The van der Waals surface area contributed by atoms with Crippen molar-refractivity contribution in [2.45, 2.75) is 51.5 Å². The number of rotatable bonds is 9. The summed E-state index contributed by atoms with van der Waals surface area (Å²) in [6.07, 6.45) is 7.25. The lowest BCUT2D eigenvalue weighted by molar-refractivity contribution is -0.116. The number of nitrogens with zero attached hydrogens (tertiary/aromatic N) is 2. The molecule has 1 fully saturated rings. The Bertz CT molecular complexity index is 1020. The summed E-state index contributed by atoms with van der Waals surface area (Å²) in [4.78, 5) is 14.0. The number of methoxy groups -OCH3 is 1. The Balaban J connectivity index is 1.31. The van der Waals surface area contributed by atoms with Crippen LogP contribution in [0.15, 0.2) is 54.7 Å². The van der Waals surface area contributed by atoms with Crippen molar-refractivity contribution in [3.63, 3.8) is 0 Å². The molecular weight excluding hydrogens is 384 g/mol. The molecule has 1 aromatic heterocycles. The molecule has 0 radical (unpaired) electrons. The minimum Gasteiger partial charge on any atom is -0.496 e. The van der Waals surface area contributed by atoms with Gasteiger partial charge >= 0.3 is 0 Å². The number of aromatic nitrogens is 1. The zero-order valence-electron chi connectivity index (χ0n) is 18.8. The van der Waals surface area contributed by atoms with Gasteiger partial charge in [-0.3, -0.25) is 0 Å². The van der Waals surface area contributed by atoms with E-state index in [1.54, 1.807) is 14.0 Å². The second kappa shape index (κ2) is 10.1. The zero-order chi connectivity index (χ0) is 21.6. The van der Waals surface area contributed by atoms with E-state index in [4.69, 9.17) is 4.74 Å². The van der Waals surface area contributed by atoms with Crippen molar-refractivity contribution in [3.8, 4) is 5.75 Å². The number of fused-ring (bicyclic) bond motifs is 1. The van der Waals surface area contributed by atoms with Crippen LogP contribution in [-0.2, 0) is 17.8 Å². The SMILES string of the molecule is COc1ccccc1C1CCN(CCCn2cc(CCC(C)=O)c3ccccc32)CC1. The Kier molecular flexibility index (Phi) is 7.08. The monoisotopic (exact) mass is 418 g/mol. The Morgan fingerprint density at radius 1 is 1.03 bits per heavy atom. The van der Waals surface area contributed by atoms with E-state index in [1.807, 2.05) is 6.07 Å². The van der Waals surface area contributed by atoms with Gasteiger partial charge in [0.05, 0.1) is 7.11 Å².